The van der Waals surface area contributed by atoms with Crippen molar-refractivity contribution in [3.8, 4) is 5.75 Å². The van der Waals surface area contributed by atoms with Gasteiger partial charge in [0.25, 0.3) is 0 Å². The fraction of sp³-hybridized carbons (Fsp3) is 0.533. The first kappa shape index (κ1) is 14.6. The van der Waals surface area contributed by atoms with Gasteiger partial charge in [0, 0.05) is 0 Å². The number of aliphatic carboxylic acids is 1. The number of carboxylic acids is 1. The molecule has 0 radical (unpaired) electrons. The topological polar surface area (TPSA) is 46.5 Å². The number of carboxylic acid groups (broad SMARTS) is 1. The summed E-state index contributed by atoms with van der Waals surface area (Å²) in [5, 5.41) is 9.00. The second-order valence-corrected chi connectivity index (χ2v) is 5.69. The number of hydrogen-bond acceptors (Lipinski definition) is 2. The van der Waals surface area contributed by atoms with E-state index in [9.17, 15) is 4.79 Å². The summed E-state index contributed by atoms with van der Waals surface area (Å²) >= 11 is 0. The van der Waals surface area contributed by atoms with Crippen LogP contribution in [-0.4, -0.2) is 18.2 Å². The number of rotatable bonds is 4. The molecule has 100 valence electrons. The van der Waals surface area contributed by atoms with Gasteiger partial charge >= 0.3 is 5.97 Å². The maximum absolute atomic E-state index is 10.9. The number of hydrogen-bond donors (Lipinski definition) is 1. The van der Waals surface area contributed by atoms with E-state index in [0.29, 0.717) is 6.42 Å². The Morgan fingerprint density at radius 1 is 1.39 bits per heavy atom. The highest BCUT2D eigenvalue weighted by Crippen LogP contribution is 2.34. The largest absolute Gasteiger partial charge is 0.496 e. The Bertz CT molecular complexity index is 430. The van der Waals surface area contributed by atoms with Crippen LogP contribution in [0.2, 0.25) is 0 Å². The van der Waals surface area contributed by atoms with Gasteiger partial charge in [0.1, 0.15) is 5.75 Å². The molecule has 0 aliphatic rings. The summed E-state index contributed by atoms with van der Waals surface area (Å²) in [6, 6.07) is 5.94. The Kier molecular flexibility index (Phi) is 4.38. The first-order valence-electron chi connectivity index (χ1n) is 6.16. The van der Waals surface area contributed by atoms with Crippen molar-refractivity contribution in [2.75, 3.05) is 7.11 Å². The highest BCUT2D eigenvalue weighted by molar-refractivity contribution is 5.70. The molecular formula is C15H22O3. The van der Waals surface area contributed by atoms with Gasteiger partial charge in [-0.05, 0) is 23.0 Å². The van der Waals surface area contributed by atoms with Crippen molar-refractivity contribution in [1.82, 2.24) is 0 Å². The van der Waals surface area contributed by atoms with Crippen molar-refractivity contribution in [3.63, 3.8) is 0 Å². The van der Waals surface area contributed by atoms with Crippen LogP contribution in [0.4, 0.5) is 0 Å². The van der Waals surface area contributed by atoms with Gasteiger partial charge < -0.3 is 9.84 Å². The van der Waals surface area contributed by atoms with Crippen molar-refractivity contribution < 1.29 is 14.6 Å². The van der Waals surface area contributed by atoms with Crippen LogP contribution in [0.1, 0.15) is 38.8 Å². The molecule has 0 saturated carbocycles. The summed E-state index contributed by atoms with van der Waals surface area (Å²) in [6.45, 7) is 8.07. The van der Waals surface area contributed by atoms with E-state index in [1.54, 1.807) is 14.0 Å². The molecule has 0 amide bonds. The monoisotopic (exact) mass is 250 g/mol. The quantitative estimate of drug-likeness (QED) is 0.892. The van der Waals surface area contributed by atoms with E-state index >= 15 is 0 Å². The Balaban J connectivity index is 3.17. The summed E-state index contributed by atoms with van der Waals surface area (Å²) in [7, 11) is 1.64. The summed E-state index contributed by atoms with van der Waals surface area (Å²) in [5.41, 5.74) is 2.05. The van der Waals surface area contributed by atoms with Gasteiger partial charge in [0.2, 0.25) is 0 Å². The van der Waals surface area contributed by atoms with E-state index < -0.39 is 11.9 Å². The zero-order valence-electron chi connectivity index (χ0n) is 11.8. The number of ether oxygens (including phenoxy) is 1. The van der Waals surface area contributed by atoms with E-state index in [2.05, 4.69) is 20.8 Å². The lowest BCUT2D eigenvalue weighted by Gasteiger charge is -2.24. The van der Waals surface area contributed by atoms with Crippen LogP contribution in [0.5, 0.6) is 5.75 Å². The third-order valence-corrected chi connectivity index (χ3v) is 3.06. The second kappa shape index (κ2) is 5.42. The van der Waals surface area contributed by atoms with Gasteiger partial charge in [0.15, 0.2) is 0 Å². The van der Waals surface area contributed by atoms with Crippen molar-refractivity contribution in [1.29, 1.82) is 0 Å². The predicted molar refractivity (Wildman–Crippen MR) is 72.2 cm³/mol. The number of carbonyl (C=O) groups is 1. The van der Waals surface area contributed by atoms with Gasteiger partial charge in [-0.15, -0.1) is 0 Å². The van der Waals surface area contributed by atoms with Gasteiger partial charge in [-0.3, -0.25) is 4.79 Å². The smallest absolute Gasteiger partial charge is 0.306 e. The standard InChI is InChI=1S/C15H22O3/c1-10(14(16)17)9-11-7-6-8-12(13(11)18-5)15(2,3)4/h6-8,10H,9H2,1-5H3,(H,16,17). The lowest BCUT2D eigenvalue weighted by Crippen LogP contribution is -2.16. The summed E-state index contributed by atoms with van der Waals surface area (Å²) in [6.07, 6.45) is 0.489. The molecule has 3 heteroatoms. The average molecular weight is 250 g/mol. The van der Waals surface area contributed by atoms with E-state index in [1.165, 1.54) is 0 Å². The highest BCUT2D eigenvalue weighted by Gasteiger charge is 2.22. The second-order valence-electron chi connectivity index (χ2n) is 5.69. The Morgan fingerprint density at radius 3 is 2.44 bits per heavy atom. The lowest BCUT2D eigenvalue weighted by atomic mass is 9.84. The van der Waals surface area contributed by atoms with Crippen molar-refractivity contribution in [2.45, 2.75) is 39.5 Å². The molecule has 1 N–H and O–H groups in total. The van der Waals surface area contributed by atoms with Gasteiger partial charge in [-0.25, -0.2) is 0 Å². The third-order valence-electron chi connectivity index (χ3n) is 3.06. The van der Waals surface area contributed by atoms with Crippen LogP contribution >= 0.6 is 0 Å². The van der Waals surface area contributed by atoms with Crippen LogP contribution in [-0.2, 0) is 16.6 Å². The maximum Gasteiger partial charge on any atom is 0.306 e. The average Bonchev–Trinajstić information content (AvgIpc) is 2.27. The van der Waals surface area contributed by atoms with E-state index in [-0.39, 0.29) is 5.41 Å². The van der Waals surface area contributed by atoms with E-state index in [4.69, 9.17) is 9.84 Å². The predicted octanol–water partition coefficient (Wildman–Crippen LogP) is 3.26. The summed E-state index contributed by atoms with van der Waals surface area (Å²) in [4.78, 5) is 10.9. The van der Waals surface area contributed by atoms with Crippen LogP contribution in [0.25, 0.3) is 0 Å². The molecule has 0 saturated heterocycles. The molecule has 0 bridgehead atoms. The first-order valence-corrected chi connectivity index (χ1v) is 6.16. The molecule has 3 nitrogen and oxygen atoms in total. The van der Waals surface area contributed by atoms with Gasteiger partial charge in [0.05, 0.1) is 13.0 Å². The van der Waals surface area contributed by atoms with Gasteiger partial charge in [-0.1, -0.05) is 45.9 Å². The Labute approximate surface area is 109 Å². The summed E-state index contributed by atoms with van der Waals surface area (Å²) < 4.78 is 5.49. The Morgan fingerprint density at radius 2 is 2.00 bits per heavy atom. The van der Waals surface area contributed by atoms with E-state index in [1.807, 2.05) is 18.2 Å². The normalized spacial score (nSPS) is 13.2. The molecule has 1 aromatic carbocycles. The van der Waals surface area contributed by atoms with Crippen molar-refractivity contribution >= 4 is 5.97 Å². The maximum atomic E-state index is 10.9. The number of para-hydroxylation sites is 1. The van der Waals surface area contributed by atoms with Crippen LogP contribution in [0.3, 0.4) is 0 Å². The molecule has 1 unspecified atom stereocenters. The third kappa shape index (κ3) is 3.25. The van der Waals surface area contributed by atoms with Crippen LogP contribution in [0.15, 0.2) is 18.2 Å². The molecule has 0 aromatic heterocycles. The molecular weight excluding hydrogens is 228 g/mol. The SMILES string of the molecule is COc1c(CC(C)C(=O)O)cccc1C(C)(C)C. The van der Waals surface area contributed by atoms with Crippen LogP contribution < -0.4 is 4.74 Å². The van der Waals surface area contributed by atoms with Crippen molar-refractivity contribution in [3.05, 3.63) is 29.3 Å². The number of methoxy groups -OCH3 is 1. The zero-order chi connectivity index (χ0) is 13.9. The Hall–Kier alpha value is -1.51. The molecule has 0 heterocycles. The molecule has 0 spiro atoms. The minimum atomic E-state index is -0.779. The molecule has 18 heavy (non-hydrogen) atoms. The minimum absolute atomic E-state index is 0.0200. The number of benzene rings is 1. The molecule has 1 rings (SSSR count). The molecule has 0 fully saturated rings. The van der Waals surface area contributed by atoms with Crippen LogP contribution in [0, 0.1) is 5.92 Å². The molecule has 0 aliphatic carbocycles. The highest BCUT2D eigenvalue weighted by atomic mass is 16.5. The fourth-order valence-electron chi connectivity index (χ4n) is 1.99. The molecule has 1 aromatic rings. The van der Waals surface area contributed by atoms with Crippen molar-refractivity contribution in [2.24, 2.45) is 5.92 Å². The molecule has 1 atom stereocenters. The first-order chi connectivity index (χ1) is 8.27. The fourth-order valence-corrected chi connectivity index (χ4v) is 1.99. The lowest BCUT2D eigenvalue weighted by molar-refractivity contribution is -0.141. The molecule has 0 aliphatic heterocycles. The summed E-state index contributed by atoms with van der Waals surface area (Å²) in [5.74, 6) is -0.370. The van der Waals surface area contributed by atoms with Gasteiger partial charge in [-0.2, -0.15) is 0 Å². The minimum Gasteiger partial charge on any atom is -0.496 e. The van der Waals surface area contributed by atoms with E-state index in [0.717, 1.165) is 16.9 Å². The zero-order valence-corrected chi connectivity index (χ0v) is 11.8.